The van der Waals surface area contributed by atoms with Crippen LogP contribution in [0.1, 0.15) is 10.5 Å². The number of aromatic amines is 2. The van der Waals surface area contributed by atoms with Crippen LogP contribution in [0.5, 0.6) is 0 Å². The molecule has 23 heavy (non-hydrogen) atoms. The van der Waals surface area contributed by atoms with Crippen LogP contribution in [0, 0.1) is 0 Å². The smallest absolute Gasteiger partial charge is 0.277 e. The summed E-state index contributed by atoms with van der Waals surface area (Å²) < 4.78 is 0. The summed E-state index contributed by atoms with van der Waals surface area (Å²) in [6.45, 7) is 0. The van der Waals surface area contributed by atoms with Gasteiger partial charge in [0.05, 0.1) is 21.1 Å². The first kappa shape index (κ1) is 13.9. The monoisotopic (exact) mass is 341 g/mol. The van der Waals surface area contributed by atoms with Crippen molar-refractivity contribution in [1.29, 1.82) is 0 Å². The standard InChI is InChI=1S/C15H11N5OS2/c21-15(11-7-9(17-19-11)12-3-1-5-22-12)16-14-8-10(18-20-14)13-4-2-6-23-13/h1-8H,(H,17,19)(H2,16,18,20,21). The highest BCUT2D eigenvalue weighted by atomic mass is 32.1. The molecule has 4 aromatic heterocycles. The van der Waals surface area contributed by atoms with Crippen LogP contribution in [-0.4, -0.2) is 26.3 Å². The van der Waals surface area contributed by atoms with Crippen molar-refractivity contribution < 1.29 is 4.79 Å². The Kier molecular flexibility index (Phi) is 3.52. The Hall–Kier alpha value is -2.71. The van der Waals surface area contributed by atoms with Gasteiger partial charge in [-0.2, -0.15) is 10.2 Å². The summed E-state index contributed by atoms with van der Waals surface area (Å²) in [6, 6.07) is 11.4. The molecule has 8 heteroatoms. The van der Waals surface area contributed by atoms with E-state index in [4.69, 9.17) is 0 Å². The number of aromatic nitrogens is 4. The number of nitrogens with zero attached hydrogens (tertiary/aromatic N) is 2. The minimum absolute atomic E-state index is 0.298. The lowest BCUT2D eigenvalue weighted by atomic mass is 10.3. The Bertz CT molecular complexity index is 921. The van der Waals surface area contributed by atoms with Gasteiger partial charge in [0.25, 0.3) is 5.91 Å². The Morgan fingerprint density at radius 2 is 1.61 bits per heavy atom. The molecular formula is C15H11N5OS2. The molecule has 4 rings (SSSR count). The predicted octanol–water partition coefficient (Wildman–Crippen LogP) is 3.84. The van der Waals surface area contributed by atoms with Gasteiger partial charge in [0, 0.05) is 6.07 Å². The van der Waals surface area contributed by atoms with E-state index in [0.717, 1.165) is 21.1 Å². The molecular weight excluding hydrogens is 330 g/mol. The summed E-state index contributed by atoms with van der Waals surface area (Å²) in [5.74, 6) is 0.173. The number of anilines is 1. The number of rotatable bonds is 4. The molecule has 0 saturated carbocycles. The number of nitrogens with one attached hydrogen (secondary N) is 3. The summed E-state index contributed by atoms with van der Waals surface area (Å²) in [4.78, 5) is 14.4. The lowest BCUT2D eigenvalue weighted by molar-refractivity contribution is 0.102. The molecule has 3 N–H and O–H groups in total. The fraction of sp³-hybridized carbons (Fsp3) is 0. The Morgan fingerprint density at radius 1 is 0.957 bits per heavy atom. The number of hydrogen-bond donors (Lipinski definition) is 3. The van der Waals surface area contributed by atoms with E-state index in [0.29, 0.717) is 11.5 Å². The predicted molar refractivity (Wildman–Crippen MR) is 91.8 cm³/mol. The number of H-pyrrole nitrogens is 2. The van der Waals surface area contributed by atoms with Crippen LogP contribution in [0.4, 0.5) is 5.82 Å². The van der Waals surface area contributed by atoms with Crippen LogP contribution in [0.3, 0.4) is 0 Å². The Morgan fingerprint density at radius 3 is 2.26 bits per heavy atom. The summed E-state index contributed by atoms with van der Waals surface area (Å²) in [6.07, 6.45) is 0. The van der Waals surface area contributed by atoms with Gasteiger partial charge in [0.1, 0.15) is 0 Å². The summed E-state index contributed by atoms with van der Waals surface area (Å²) in [5.41, 5.74) is 2.03. The third-order valence-corrected chi connectivity index (χ3v) is 5.01. The fourth-order valence-electron chi connectivity index (χ4n) is 2.12. The van der Waals surface area contributed by atoms with Crippen LogP contribution in [0.25, 0.3) is 21.1 Å². The van der Waals surface area contributed by atoms with Crippen molar-refractivity contribution >= 4 is 34.4 Å². The number of carbonyl (C=O) groups is 1. The van der Waals surface area contributed by atoms with E-state index >= 15 is 0 Å². The molecule has 0 atom stereocenters. The average Bonchev–Trinajstić information content (AvgIpc) is 3.30. The molecule has 0 spiro atoms. The molecule has 0 unspecified atom stereocenters. The van der Waals surface area contributed by atoms with Gasteiger partial charge in [-0.15, -0.1) is 22.7 Å². The van der Waals surface area contributed by atoms with Crippen LogP contribution in [0.15, 0.2) is 47.2 Å². The van der Waals surface area contributed by atoms with E-state index in [-0.39, 0.29) is 5.91 Å². The summed E-state index contributed by atoms with van der Waals surface area (Å²) in [5, 5.41) is 20.7. The zero-order valence-electron chi connectivity index (χ0n) is 11.7. The van der Waals surface area contributed by atoms with E-state index in [9.17, 15) is 4.79 Å². The highest BCUT2D eigenvalue weighted by molar-refractivity contribution is 7.13. The van der Waals surface area contributed by atoms with Crippen molar-refractivity contribution in [3.63, 3.8) is 0 Å². The van der Waals surface area contributed by atoms with Gasteiger partial charge in [-0.05, 0) is 29.0 Å². The average molecular weight is 341 g/mol. The second-order valence-electron chi connectivity index (χ2n) is 4.74. The summed E-state index contributed by atoms with van der Waals surface area (Å²) in [7, 11) is 0. The quantitative estimate of drug-likeness (QED) is 0.527. The molecule has 1 amide bonds. The van der Waals surface area contributed by atoms with Crippen molar-refractivity contribution in [1.82, 2.24) is 20.4 Å². The van der Waals surface area contributed by atoms with E-state index in [1.165, 1.54) is 0 Å². The van der Waals surface area contributed by atoms with E-state index in [2.05, 4.69) is 25.7 Å². The molecule has 114 valence electrons. The molecule has 4 aromatic rings. The van der Waals surface area contributed by atoms with Gasteiger partial charge >= 0.3 is 0 Å². The SMILES string of the molecule is O=C(Nc1cc(-c2cccs2)[nH]n1)c1cc(-c2cccs2)[nH]n1. The maximum Gasteiger partial charge on any atom is 0.277 e. The van der Waals surface area contributed by atoms with E-state index in [1.807, 2.05) is 35.0 Å². The lowest BCUT2D eigenvalue weighted by Gasteiger charge is -1.96. The topological polar surface area (TPSA) is 86.5 Å². The first-order valence-corrected chi connectivity index (χ1v) is 8.55. The fourth-order valence-corrected chi connectivity index (χ4v) is 3.51. The largest absolute Gasteiger partial charge is 0.304 e. The Labute approximate surface area is 139 Å². The van der Waals surface area contributed by atoms with Gasteiger partial charge < -0.3 is 5.32 Å². The van der Waals surface area contributed by atoms with Crippen molar-refractivity contribution in [2.45, 2.75) is 0 Å². The minimum Gasteiger partial charge on any atom is -0.304 e. The first-order valence-electron chi connectivity index (χ1n) is 6.79. The Balaban J connectivity index is 1.50. The second-order valence-corrected chi connectivity index (χ2v) is 6.64. The zero-order chi connectivity index (χ0) is 15.6. The highest BCUT2D eigenvalue weighted by Crippen LogP contribution is 2.25. The third-order valence-electron chi connectivity index (χ3n) is 3.20. The van der Waals surface area contributed by atoms with Crippen molar-refractivity contribution in [2.24, 2.45) is 0 Å². The van der Waals surface area contributed by atoms with Gasteiger partial charge in [-0.3, -0.25) is 15.0 Å². The maximum atomic E-state index is 12.3. The molecule has 0 aliphatic rings. The van der Waals surface area contributed by atoms with Crippen LogP contribution in [-0.2, 0) is 0 Å². The van der Waals surface area contributed by atoms with E-state index < -0.39 is 0 Å². The number of carbonyl (C=O) groups excluding carboxylic acids is 1. The molecule has 0 aliphatic heterocycles. The lowest BCUT2D eigenvalue weighted by Crippen LogP contribution is -2.12. The molecule has 0 aliphatic carbocycles. The molecule has 0 aromatic carbocycles. The molecule has 0 fully saturated rings. The molecule has 0 bridgehead atoms. The molecule has 6 nitrogen and oxygen atoms in total. The van der Waals surface area contributed by atoms with Gasteiger partial charge in [0.2, 0.25) is 0 Å². The second kappa shape index (κ2) is 5.82. The van der Waals surface area contributed by atoms with Crippen LogP contribution < -0.4 is 5.32 Å². The van der Waals surface area contributed by atoms with Crippen LogP contribution >= 0.6 is 22.7 Å². The van der Waals surface area contributed by atoms with Crippen LogP contribution in [0.2, 0.25) is 0 Å². The number of amides is 1. The minimum atomic E-state index is -0.298. The van der Waals surface area contributed by atoms with Gasteiger partial charge in [0.15, 0.2) is 11.5 Å². The van der Waals surface area contributed by atoms with E-state index in [1.54, 1.807) is 34.8 Å². The zero-order valence-corrected chi connectivity index (χ0v) is 13.4. The van der Waals surface area contributed by atoms with Crippen molar-refractivity contribution in [3.8, 4) is 21.1 Å². The summed E-state index contributed by atoms with van der Waals surface area (Å²) >= 11 is 3.19. The molecule has 4 heterocycles. The van der Waals surface area contributed by atoms with Gasteiger partial charge in [-0.25, -0.2) is 0 Å². The molecule has 0 radical (unpaired) electrons. The highest BCUT2D eigenvalue weighted by Gasteiger charge is 2.14. The van der Waals surface area contributed by atoms with Crippen molar-refractivity contribution in [3.05, 3.63) is 52.9 Å². The maximum absolute atomic E-state index is 12.3. The van der Waals surface area contributed by atoms with Crippen molar-refractivity contribution in [2.75, 3.05) is 5.32 Å². The number of hydrogen-bond acceptors (Lipinski definition) is 5. The molecule has 0 saturated heterocycles. The third kappa shape index (κ3) is 2.81. The number of thiophene rings is 2. The van der Waals surface area contributed by atoms with Gasteiger partial charge in [-0.1, -0.05) is 12.1 Å². The normalized spacial score (nSPS) is 10.8. The first-order chi connectivity index (χ1) is 11.3.